The highest BCUT2D eigenvalue weighted by Crippen LogP contribution is 2.28. The Bertz CT molecular complexity index is 938. The number of carbonyl (C=O) groups is 1. The normalized spacial score (nSPS) is 15.3. The van der Waals surface area contributed by atoms with Gasteiger partial charge in [-0.25, -0.2) is 13.4 Å². The van der Waals surface area contributed by atoms with Crippen molar-refractivity contribution < 1.29 is 17.9 Å². The van der Waals surface area contributed by atoms with Crippen molar-refractivity contribution in [1.29, 1.82) is 0 Å². The molecule has 1 N–H and O–H groups in total. The van der Waals surface area contributed by atoms with Gasteiger partial charge in [-0.05, 0) is 50.2 Å². The Balaban J connectivity index is 1.74. The number of pyridine rings is 1. The van der Waals surface area contributed by atoms with E-state index in [1.807, 2.05) is 0 Å². The summed E-state index contributed by atoms with van der Waals surface area (Å²) in [5.74, 6) is 0.180. The number of anilines is 2. The molecule has 1 aromatic heterocycles. The molecule has 28 heavy (non-hydrogen) atoms. The third-order valence-electron chi connectivity index (χ3n) is 4.68. The lowest BCUT2D eigenvalue weighted by Crippen LogP contribution is -2.44. The van der Waals surface area contributed by atoms with Crippen LogP contribution in [0.4, 0.5) is 11.5 Å². The van der Waals surface area contributed by atoms with Gasteiger partial charge >= 0.3 is 0 Å². The summed E-state index contributed by atoms with van der Waals surface area (Å²) in [4.78, 5) is 19.3. The Morgan fingerprint density at radius 1 is 1.14 bits per heavy atom. The number of nitrogens with zero attached hydrogens (tertiary/aromatic N) is 2. The lowest BCUT2D eigenvalue weighted by molar-refractivity contribution is -0.117. The molecular formula is C19H22BrN3O4S. The number of halogens is 1. The third kappa shape index (κ3) is 4.21. The number of hydrogen-bond donors (Lipinski definition) is 1. The van der Waals surface area contributed by atoms with Gasteiger partial charge in [0.25, 0.3) is 0 Å². The molecule has 0 atom stereocenters. The van der Waals surface area contributed by atoms with Gasteiger partial charge in [0.05, 0.1) is 30.0 Å². The second-order valence-corrected chi connectivity index (χ2v) is 10.3. The van der Waals surface area contributed by atoms with Crippen LogP contribution in [-0.4, -0.2) is 50.4 Å². The van der Waals surface area contributed by atoms with Crippen LogP contribution in [0.2, 0.25) is 0 Å². The van der Waals surface area contributed by atoms with E-state index in [4.69, 9.17) is 4.74 Å². The van der Waals surface area contributed by atoms with E-state index in [0.717, 1.165) is 23.4 Å². The summed E-state index contributed by atoms with van der Waals surface area (Å²) < 4.78 is 30.3. The molecule has 0 radical (unpaired) electrons. The van der Waals surface area contributed by atoms with Crippen LogP contribution in [0.25, 0.3) is 0 Å². The zero-order valence-electron chi connectivity index (χ0n) is 15.7. The highest BCUT2D eigenvalue weighted by molar-refractivity contribution is 9.10. The smallest absolute Gasteiger partial charge is 0.245 e. The van der Waals surface area contributed by atoms with E-state index in [1.165, 1.54) is 32.2 Å². The van der Waals surface area contributed by atoms with Gasteiger partial charge in [0.1, 0.15) is 10.6 Å². The van der Waals surface area contributed by atoms with Gasteiger partial charge in [0.15, 0.2) is 9.84 Å². The van der Waals surface area contributed by atoms with Crippen molar-refractivity contribution in [2.75, 3.05) is 36.5 Å². The van der Waals surface area contributed by atoms with Crippen molar-refractivity contribution in [1.82, 2.24) is 4.98 Å². The molecule has 2 heterocycles. The zero-order valence-corrected chi connectivity index (χ0v) is 18.1. The molecule has 3 rings (SSSR count). The number of carbonyl (C=O) groups excluding carboxylic acids is 1. The molecule has 0 bridgehead atoms. The number of amides is 1. The molecule has 1 saturated heterocycles. The lowest BCUT2D eigenvalue weighted by Gasteiger charge is -2.28. The van der Waals surface area contributed by atoms with Crippen LogP contribution < -0.4 is 10.2 Å². The molecular weight excluding hydrogens is 446 g/mol. The molecule has 1 aromatic carbocycles. The first-order chi connectivity index (χ1) is 13.2. The van der Waals surface area contributed by atoms with Gasteiger partial charge in [-0.15, -0.1) is 0 Å². The predicted octanol–water partition coefficient (Wildman–Crippen LogP) is 2.87. The Hall–Kier alpha value is -1.97. The second kappa shape index (κ2) is 8.18. The molecule has 7 nitrogen and oxygen atoms in total. The number of benzene rings is 1. The van der Waals surface area contributed by atoms with Crippen LogP contribution in [0.1, 0.15) is 13.8 Å². The Labute approximate surface area is 173 Å². The molecule has 1 amide bonds. The summed E-state index contributed by atoms with van der Waals surface area (Å²) in [6.07, 6.45) is 1.53. The lowest BCUT2D eigenvalue weighted by atomic mass is 10.2. The van der Waals surface area contributed by atoms with Crippen LogP contribution in [-0.2, 0) is 19.4 Å². The summed E-state index contributed by atoms with van der Waals surface area (Å²) >= 11 is 3.28. The van der Waals surface area contributed by atoms with E-state index in [2.05, 4.69) is 31.1 Å². The Morgan fingerprint density at radius 2 is 1.79 bits per heavy atom. The maximum absolute atomic E-state index is 12.9. The first-order valence-corrected chi connectivity index (χ1v) is 11.1. The topological polar surface area (TPSA) is 88.6 Å². The summed E-state index contributed by atoms with van der Waals surface area (Å²) in [6, 6.07) is 9.75. The van der Waals surface area contributed by atoms with E-state index in [0.29, 0.717) is 18.9 Å². The van der Waals surface area contributed by atoms with Crippen LogP contribution in [0, 0.1) is 0 Å². The number of rotatable bonds is 5. The fourth-order valence-corrected chi connectivity index (χ4v) is 4.39. The molecule has 1 fully saturated rings. The molecule has 2 aromatic rings. The van der Waals surface area contributed by atoms with Crippen LogP contribution in [0.15, 0.2) is 52.0 Å². The average molecular weight is 468 g/mol. The van der Waals surface area contributed by atoms with Crippen molar-refractivity contribution in [3.8, 4) is 0 Å². The molecule has 0 saturated carbocycles. The number of morpholine rings is 1. The van der Waals surface area contributed by atoms with Gasteiger partial charge < -0.3 is 15.0 Å². The van der Waals surface area contributed by atoms with Crippen molar-refractivity contribution in [2.24, 2.45) is 0 Å². The van der Waals surface area contributed by atoms with Crippen LogP contribution >= 0.6 is 15.9 Å². The number of hydrogen-bond acceptors (Lipinski definition) is 6. The van der Waals surface area contributed by atoms with E-state index < -0.39 is 20.5 Å². The maximum atomic E-state index is 12.9. The number of nitrogens with one attached hydrogen (secondary N) is 1. The highest BCUT2D eigenvalue weighted by Gasteiger charge is 2.42. The van der Waals surface area contributed by atoms with Gasteiger partial charge in [-0.1, -0.05) is 15.9 Å². The summed E-state index contributed by atoms with van der Waals surface area (Å²) in [5.41, 5.74) is 0.445. The van der Waals surface area contributed by atoms with Gasteiger partial charge in [-0.3, -0.25) is 4.79 Å². The van der Waals surface area contributed by atoms with Crippen LogP contribution in [0.5, 0.6) is 0 Å². The number of ether oxygens (including phenoxy) is 1. The number of aromatic nitrogens is 1. The monoisotopic (exact) mass is 467 g/mol. The van der Waals surface area contributed by atoms with Gasteiger partial charge in [0, 0.05) is 17.6 Å². The number of sulfone groups is 1. The van der Waals surface area contributed by atoms with E-state index >= 15 is 0 Å². The second-order valence-electron chi connectivity index (χ2n) is 6.93. The molecule has 9 heteroatoms. The molecule has 0 unspecified atom stereocenters. The van der Waals surface area contributed by atoms with Gasteiger partial charge in [-0.2, -0.15) is 0 Å². The standard InChI is InChI=1S/C19H22BrN3O4S/c1-19(2,28(25,26)16-6-3-14(20)4-7-16)18(24)22-15-5-8-17(21-13-15)23-9-11-27-12-10-23/h3-8,13H,9-12H2,1-2H3,(H,22,24). The summed E-state index contributed by atoms with van der Waals surface area (Å²) in [6.45, 7) is 5.63. The predicted molar refractivity (Wildman–Crippen MR) is 111 cm³/mol. The zero-order chi connectivity index (χ0) is 20.4. The third-order valence-corrected chi connectivity index (χ3v) is 7.63. The first-order valence-electron chi connectivity index (χ1n) is 8.82. The van der Waals surface area contributed by atoms with E-state index in [-0.39, 0.29) is 4.90 Å². The van der Waals surface area contributed by atoms with Crippen LogP contribution in [0.3, 0.4) is 0 Å². The molecule has 1 aliphatic rings. The van der Waals surface area contributed by atoms with Crippen molar-refractivity contribution >= 4 is 43.2 Å². The highest BCUT2D eigenvalue weighted by atomic mass is 79.9. The minimum absolute atomic E-state index is 0.0941. The van der Waals surface area contributed by atoms with Crippen molar-refractivity contribution in [3.05, 3.63) is 47.1 Å². The van der Waals surface area contributed by atoms with E-state index in [1.54, 1.807) is 24.3 Å². The average Bonchev–Trinajstić information content (AvgIpc) is 2.69. The summed E-state index contributed by atoms with van der Waals surface area (Å²) in [5, 5.41) is 2.67. The van der Waals surface area contributed by atoms with Gasteiger partial charge in [0.2, 0.25) is 5.91 Å². The maximum Gasteiger partial charge on any atom is 0.245 e. The minimum atomic E-state index is -3.88. The molecule has 1 aliphatic heterocycles. The Kier molecular flexibility index (Phi) is 6.07. The molecule has 150 valence electrons. The summed E-state index contributed by atoms with van der Waals surface area (Å²) in [7, 11) is -3.88. The fraction of sp³-hybridized carbons (Fsp3) is 0.368. The minimum Gasteiger partial charge on any atom is -0.378 e. The molecule has 0 spiro atoms. The van der Waals surface area contributed by atoms with E-state index in [9.17, 15) is 13.2 Å². The fourth-order valence-electron chi connectivity index (χ4n) is 2.75. The largest absolute Gasteiger partial charge is 0.378 e. The van der Waals surface area contributed by atoms with Crippen molar-refractivity contribution in [2.45, 2.75) is 23.5 Å². The van der Waals surface area contributed by atoms with Crippen molar-refractivity contribution in [3.63, 3.8) is 0 Å². The quantitative estimate of drug-likeness (QED) is 0.726. The Morgan fingerprint density at radius 3 is 2.36 bits per heavy atom. The SMILES string of the molecule is CC(C)(C(=O)Nc1ccc(N2CCOCC2)nc1)S(=O)(=O)c1ccc(Br)cc1. The first kappa shape index (κ1) is 20.8. The molecule has 0 aliphatic carbocycles.